The normalized spacial score (nSPS) is 19.7. The molecule has 100 valence electrons. The van der Waals surface area contributed by atoms with Crippen molar-refractivity contribution in [1.29, 1.82) is 0 Å². The van der Waals surface area contributed by atoms with Gasteiger partial charge in [0.2, 0.25) is 0 Å². The molecule has 1 aliphatic rings. The zero-order valence-corrected chi connectivity index (χ0v) is 11.2. The van der Waals surface area contributed by atoms with E-state index in [1.807, 2.05) is 6.92 Å². The molecule has 0 bridgehead atoms. The minimum Gasteiger partial charge on any atom is -0.492 e. The van der Waals surface area contributed by atoms with Crippen molar-refractivity contribution in [3.8, 4) is 11.5 Å². The molecule has 1 atom stereocenters. The highest BCUT2D eigenvalue weighted by molar-refractivity contribution is 5.52. The van der Waals surface area contributed by atoms with E-state index in [0.717, 1.165) is 37.1 Å². The predicted molar refractivity (Wildman–Crippen MR) is 69.1 cm³/mol. The van der Waals surface area contributed by atoms with Crippen molar-refractivity contribution in [1.82, 2.24) is 5.32 Å². The third kappa shape index (κ3) is 2.29. The minimum absolute atomic E-state index is 0.197. The first-order valence-electron chi connectivity index (χ1n) is 6.30. The van der Waals surface area contributed by atoms with Crippen LogP contribution in [0.1, 0.15) is 29.9 Å². The third-order valence-electron chi connectivity index (χ3n) is 3.62. The average molecular weight is 253 g/mol. The van der Waals surface area contributed by atoms with Crippen LogP contribution in [-0.4, -0.2) is 27.3 Å². The Bertz CT molecular complexity index is 428. The van der Waals surface area contributed by atoms with Gasteiger partial charge < -0.3 is 14.8 Å². The summed E-state index contributed by atoms with van der Waals surface area (Å²) in [6, 6.07) is 1.59. The van der Waals surface area contributed by atoms with Crippen molar-refractivity contribution in [2.24, 2.45) is 0 Å². The van der Waals surface area contributed by atoms with Crippen LogP contribution in [0.3, 0.4) is 0 Å². The fraction of sp³-hybridized carbons (Fsp3) is 0.571. The maximum Gasteiger partial charge on any atom is 0.197 e. The molecule has 1 N–H and O–H groups in total. The summed E-state index contributed by atoms with van der Waals surface area (Å²) in [4.78, 5) is 0. The summed E-state index contributed by atoms with van der Waals surface area (Å²) in [6.07, 6.45) is 2.21. The molecule has 1 saturated heterocycles. The van der Waals surface area contributed by atoms with E-state index in [2.05, 4.69) is 5.32 Å². The maximum absolute atomic E-state index is 14.0. The van der Waals surface area contributed by atoms with Gasteiger partial charge in [-0.2, -0.15) is 0 Å². The van der Waals surface area contributed by atoms with Crippen LogP contribution in [0.25, 0.3) is 0 Å². The monoisotopic (exact) mass is 253 g/mol. The summed E-state index contributed by atoms with van der Waals surface area (Å²) < 4.78 is 24.4. The Morgan fingerprint density at radius 1 is 1.28 bits per heavy atom. The molecular weight excluding hydrogens is 233 g/mol. The summed E-state index contributed by atoms with van der Waals surface area (Å²) in [5, 5.41) is 3.35. The Balaban J connectivity index is 2.44. The highest BCUT2D eigenvalue weighted by Crippen LogP contribution is 2.39. The van der Waals surface area contributed by atoms with Gasteiger partial charge in [0.15, 0.2) is 17.3 Å². The Kier molecular flexibility index (Phi) is 4.07. The Morgan fingerprint density at radius 3 is 2.56 bits per heavy atom. The minimum atomic E-state index is -0.347. The first kappa shape index (κ1) is 13.1. The molecule has 0 aliphatic carbocycles. The molecule has 2 rings (SSSR count). The second-order valence-corrected chi connectivity index (χ2v) is 4.68. The molecule has 1 aromatic carbocycles. The summed E-state index contributed by atoms with van der Waals surface area (Å²) in [5.74, 6) is 0.717. The number of halogens is 1. The van der Waals surface area contributed by atoms with E-state index in [1.54, 1.807) is 13.2 Å². The van der Waals surface area contributed by atoms with Crippen molar-refractivity contribution in [3.05, 3.63) is 23.0 Å². The van der Waals surface area contributed by atoms with Gasteiger partial charge in [-0.1, -0.05) is 0 Å². The van der Waals surface area contributed by atoms with Crippen molar-refractivity contribution in [2.45, 2.75) is 25.7 Å². The molecule has 0 spiro atoms. The summed E-state index contributed by atoms with van der Waals surface area (Å²) in [6.45, 7) is 3.91. The van der Waals surface area contributed by atoms with Crippen LogP contribution >= 0.6 is 0 Å². The molecule has 4 heteroatoms. The fourth-order valence-corrected chi connectivity index (χ4v) is 2.70. The number of piperidine rings is 1. The van der Waals surface area contributed by atoms with E-state index in [9.17, 15) is 4.39 Å². The smallest absolute Gasteiger partial charge is 0.197 e. The maximum atomic E-state index is 14.0. The zero-order valence-electron chi connectivity index (χ0n) is 11.2. The van der Waals surface area contributed by atoms with Crippen LogP contribution in [0.15, 0.2) is 6.07 Å². The average Bonchev–Trinajstić information content (AvgIpc) is 2.41. The number of hydrogen-bond donors (Lipinski definition) is 1. The molecule has 1 heterocycles. The van der Waals surface area contributed by atoms with E-state index in [4.69, 9.17) is 9.47 Å². The lowest BCUT2D eigenvalue weighted by atomic mass is 9.88. The van der Waals surface area contributed by atoms with E-state index < -0.39 is 0 Å². The summed E-state index contributed by atoms with van der Waals surface area (Å²) in [7, 11) is 3.01. The molecule has 0 saturated carbocycles. The van der Waals surface area contributed by atoms with Gasteiger partial charge in [0.1, 0.15) is 0 Å². The van der Waals surface area contributed by atoms with Crippen LogP contribution in [0, 0.1) is 12.7 Å². The van der Waals surface area contributed by atoms with E-state index >= 15 is 0 Å². The number of hydrogen-bond acceptors (Lipinski definition) is 3. The van der Waals surface area contributed by atoms with Crippen LogP contribution in [0.4, 0.5) is 4.39 Å². The lowest BCUT2D eigenvalue weighted by Gasteiger charge is -2.26. The van der Waals surface area contributed by atoms with Gasteiger partial charge in [0.05, 0.1) is 14.2 Å². The molecule has 1 aliphatic heterocycles. The quantitative estimate of drug-likeness (QED) is 0.898. The fourth-order valence-electron chi connectivity index (χ4n) is 2.70. The van der Waals surface area contributed by atoms with Crippen LogP contribution in [0.2, 0.25) is 0 Å². The Labute approximate surface area is 107 Å². The number of nitrogens with one attached hydrogen (secondary N) is 1. The van der Waals surface area contributed by atoms with Crippen LogP contribution in [0.5, 0.6) is 11.5 Å². The lowest BCUT2D eigenvalue weighted by molar-refractivity contribution is 0.333. The van der Waals surface area contributed by atoms with Crippen LogP contribution < -0.4 is 14.8 Å². The van der Waals surface area contributed by atoms with E-state index in [0.29, 0.717) is 11.7 Å². The number of rotatable bonds is 3. The van der Waals surface area contributed by atoms with Crippen molar-refractivity contribution >= 4 is 0 Å². The van der Waals surface area contributed by atoms with Gasteiger partial charge in [0, 0.05) is 6.54 Å². The first-order chi connectivity index (χ1) is 8.69. The standard InChI is InChI=1S/C14H20FNO2/c1-9-11(10-5-4-6-16-8-10)7-12(15)14(18-3)13(9)17-2/h7,10,16H,4-6,8H2,1-3H3. The Morgan fingerprint density at radius 2 is 2.00 bits per heavy atom. The number of benzene rings is 1. The largest absolute Gasteiger partial charge is 0.492 e. The molecular formula is C14H20FNO2. The predicted octanol–water partition coefficient (Wildman–Crippen LogP) is 2.62. The van der Waals surface area contributed by atoms with Gasteiger partial charge in [0.25, 0.3) is 0 Å². The van der Waals surface area contributed by atoms with Gasteiger partial charge in [-0.15, -0.1) is 0 Å². The van der Waals surface area contributed by atoms with E-state index in [1.165, 1.54) is 7.11 Å². The van der Waals surface area contributed by atoms with Gasteiger partial charge >= 0.3 is 0 Å². The third-order valence-corrected chi connectivity index (χ3v) is 3.62. The molecule has 18 heavy (non-hydrogen) atoms. The van der Waals surface area contributed by atoms with Crippen molar-refractivity contribution < 1.29 is 13.9 Å². The van der Waals surface area contributed by atoms with Gasteiger partial charge in [-0.3, -0.25) is 0 Å². The second kappa shape index (κ2) is 5.57. The van der Waals surface area contributed by atoms with E-state index in [-0.39, 0.29) is 11.6 Å². The summed E-state index contributed by atoms with van der Waals surface area (Å²) >= 11 is 0. The first-order valence-corrected chi connectivity index (χ1v) is 6.30. The molecule has 0 radical (unpaired) electrons. The molecule has 3 nitrogen and oxygen atoms in total. The highest BCUT2D eigenvalue weighted by atomic mass is 19.1. The number of ether oxygens (including phenoxy) is 2. The zero-order chi connectivity index (χ0) is 13.1. The molecule has 1 unspecified atom stereocenters. The highest BCUT2D eigenvalue weighted by Gasteiger charge is 2.23. The molecule has 1 fully saturated rings. The number of methoxy groups -OCH3 is 2. The molecule has 1 aromatic rings. The Hall–Kier alpha value is -1.29. The van der Waals surface area contributed by atoms with Gasteiger partial charge in [-0.05, 0) is 49.4 Å². The summed E-state index contributed by atoms with van der Waals surface area (Å²) in [5.41, 5.74) is 2.00. The molecule has 0 amide bonds. The lowest BCUT2D eigenvalue weighted by Crippen LogP contribution is -2.28. The van der Waals surface area contributed by atoms with Crippen molar-refractivity contribution in [3.63, 3.8) is 0 Å². The molecule has 0 aromatic heterocycles. The SMILES string of the molecule is COc1c(F)cc(C2CCCNC2)c(C)c1OC. The van der Waals surface area contributed by atoms with Crippen LogP contribution in [-0.2, 0) is 0 Å². The second-order valence-electron chi connectivity index (χ2n) is 4.68. The van der Waals surface area contributed by atoms with Gasteiger partial charge in [-0.25, -0.2) is 4.39 Å². The van der Waals surface area contributed by atoms with Crippen molar-refractivity contribution in [2.75, 3.05) is 27.3 Å². The topological polar surface area (TPSA) is 30.5 Å².